The second-order valence-corrected chi connectivity index (χ2v) is 7.50. The molecule has 3 fully saturated rings. The molecule has 2 aliphatic heterocycles. The molecule has 1 saturated carbocycles. The molecule has 0 amide bonds. The van der Waals surface area contributed by atoms with Crippen LogP contribution in [0.15, 0.2) is 12.3 Å². The van der Waals surface area contributed by atoms with Crippen molar-refractivity contribution in [3.63, 3.8) is 0 Å². The molecule has 0 aromatic carbocycles. The molecule has 3 aliphatic rings. The number of aliphatic hydroxyl groups excluding tert-OH is 1. The molecule has 3 atom stereocenters. The van der Waals surface area contributed by atoms with Crippen LogP contribution in [0.25, 0.3) is 0 Å². The van der Waals surface area contributed by atoms with Gasteiger partial charge in [-0.25, -0.2) is 0 Å². The van der Waals surface area contributed by atoms with E-state index in [1.165, 1.54) is 44.2 Å². The van der Waals surface area contributed by atoms with Crippen LogP contribution in [0.1, 0.15) is 56.7 Å². The first kappa shape index (κ1) is 15.6. The van der Waals surface area contributed by atoms with Gasteiger partial charge in [0.1, 0.15) is 0 Å². The van der Waals surface area contributed by atoms with E-state index in [1.807, 2.05) is 0 Å². The highest BCUT2D eigenvalue weighted by molar-refractivity contribution is 5.02. The van der Waals surface area contributed by atoms with Gasteiger partial charge < -0.3 is 9.84 Å². The zero-order valence-electron chi connectivity index (χ0n) is 13.9. The summed E-state index contributed by atoms with van der Waals surface area (Å²) in [5.74, 6) is 0.267. The largest absolute Gasteiger partial charge is 0.393 e. The van der Waals surface area contributed by atoms with Gasteiger partial charge in [0.05, 0.1) is 24.4 Å². The van der Waals surface area contributed by atoms with Gasteiger partial charge in [-0.15, -0.1) is 0 Å². The number of likely N-dealkylation sites (tertiary alicyclic amines) is 1. The molecule has 1 aliphatic carbocycles. The fourth-order valence-electron chi connectivity index (χ4n) is 4.69. The Morgan fingerprint density at radius 3 is 2.87 bits per heavy atom. The average molecular weight is 319 g/mol. The summed E-state index contributed by atoms with van der Waals surface area (Å²) in [4.78, 5) is 2.52. The first-order valence-corrected chi connectivity index (χ1v) is 9.35. The number of hydrogen-bond acceptors (Lipinski definition) is 4. The van der Waals surface area contributed by atoms with Crippen LogP contribution in [-0.2, 0) is 11.3 Å². The van der Waals surface area contributed by atoms with Crippen molar-refractivity contribution in [1.82, 2.24) is 14.7 Å². The Labute approximate surface area is 138 Å². The van der Waals surface area contributed by atoms with E-state index < -0.39 is 0 Å². The third kappa shape index (κ3) is 3.32. The molecule has 0 bridgehead atoms. The lowest BCUT2D eigenvalue weighted by Gasteiger charge is -2.36. The lowest BCUT2D eigenvalue weighted by Crippen LogP contribution is -2.45. The van der Waals surface area contributed by atoms with E-state index in [9.17, 15) is 5.11 Å². The fraction of sp³-hybridized carbons (Fsp3) is 0.833. The Balaban J connectivity index is 1.41. The molecule has 1 N–H and O–H groups in total. The molecular weight excluding hydrogens is 290 g/mol. The third-order valence-corrected chi connectivity index (χ3v) is 6.00. The smallest absolute Gasteiger partial charge is 0.0765 e. The lowest BCUT2D eigenvalue weighted by atomic mass is 9.89. The van der Waals surface area contributed by atoms with Gasteiger partial charge in [0.25, 0.3) is 0 Å². The topological polar surface area (TPSA) is 50.5 Å². The molecule has 4 rings (SSSR count). The van der Waals surface area contributed by atoms with Crippen molar-refractivity contribution in [3.05, 3.63) is 18.0 Å². The van der Waals surface area contributed by atoms with Crippen LogP contribution >= 0.6 is 0 Å². The van der Waals surface area contributed by atoms with E-state index in [-0.39, 0.29) is 12.0 Å². The van der Waals surface area contributed by atoms with E-state index >= 15 is 0 Å². The van der Waals surface area contributed by atoms with Gasteiger partial charge in [0.2, 0.25) is 0 Å². The molecule has 3 unspecified atom stereocenters. The van der Waals surface area contributed by atoms with Crippen molar-refractivity contribution in [2.75, 3.05) is 19.8 Å². The van der Waals surface area contributed by atoms with Gasteiger partial charge >= 0.3 is 0 Å². The minimum absolute atomic E-state index is 0.203. The molecule has 128 valence electrons. The normalized spacial score (nSPS) is 33.5. The van der Waals surface area contributed by atoms with Crippen molar-refractivity contribution in [1.29, 1.82) is 0 Å². The summed E-state index contributed by atoms with van der Waals surface area (Å²) in [5.41, 5.74) is 1.18. The average Bonchev–Trinajstić information content (AvgIpc) is 3.29. The fourth-order valence-corrected chi connectivity index (χ4v) is 4.69. The number of ether oxygens (including phenoxy) is 1. The second-order valence-electron chi connectivity index (χ2n) is 7.50. The Kier molecular flexibility index (Phi) is 4.69. The van der Waals surface area contributed by atoms with E-state index in [0.717, 1.165) is 19.5 Å². The summed E-state index contributed by atoms with van der Waals surface area (Å²) in [7, 11) is 0. The molecular formula is C18H29N3O2. The van der Waals surface area contributed by atoms with E-state index in [4.69, 9.17) is 9.84 Å². The zero-order chi connectivity index (χ0) is 15.6. The van der Waals surface area contributed by atoms with Crippen molar-refractivity contribution < 1.29 is 9.84 Å². The molecule has 0 spiro atoms. The summed E-state index contributed by atoms with van der Waals surface area (Å²) in [6.07, 6.45) is 10.4. The number of hydrogen-bond donors (Lipinski definition) is 1. The molecule has 1 aromatic heterocycles. The van der Waals surface area contributed by atoms with Crippen LogP contribution in [-0.4, -0.2) is 51.7 Å². The molecule has 2 saturated heterocycles. The van der Waals surface area contributed by atoms with Crippen LogP contribution in [0, 0.1) is 5.92 Å². The molecule has 5 nitrogen and oxygen atoms in total. The quantitative estimate of drug-likeness (QED) is 0.925. The standard InChI is InChI=1S/C18H29N3O2/c22-18-8-11-23-13-16(18)17-6-3-9-20(17)12-14-7-10-21(19-14)15-4-1-2-5-15/h7,10,15-18,22H,1-6,8-9,11-13H2. The van der Waals surface area contributed by atoms with E-state index in [0.29, 0.717) is 25.3 Å². The van der Waals surface area contributed by atoms with Crippen LogP contribution in [0.2, 0.25) is 0 Å². The van der Waals surface area contributed by atoms with Crippen LogP contribution in [0.5, 0.6) is 0 Å². The summed E-state index contributed by atoms with van der Waals surface area (Å²) >= 11 is 0. The summed E-state index contributed by atoms with van der Waals surface area (Å²) in [6, 6.07) is 3.25. The van der Waals surface area contributed by atoms with Gasteiger partial charge in [-0.1, -0.05) is 12.8 Å². The van der Waals surface area contributed by atoms with Gasteiger partial charge in [-0.2, -0.15) is 5.10 Å². The molecule has 5 heteroatoms. The van der Waals surface area contributed by atoms with Crippen LogP contribution < -0.4 is 0 Å². The highest BCUT2D eigenvalue weighted by Crippen LogP contribution is 2.32. The number of aliphatic hydroxyl groups is 1. The van der Waals surface area contributed by atoms with Crippen LogP contribution in [0.3, 0.4) is 0 Å². The van der Waals surface area contributed by atoms with Gasteiger partial charge in [0, 0.05) is 31.3 Å². The molecule has 23 heavy (non-hydrogen) atoms. The van der Waals surface area contributed by atoms with E-state index in [1.54, 1.807) is 0 Å². The van der Waals surface area contributed by atoms with Crippen molar-refractivity contribution >= 4 is 0 Å². The monoisotopic (exact) mass is 319 g/mol. The number of aromatic nitrogens is 2. The first-order chi connectivity index (χ1) is 11.3. The predicted octanol–water partition coefficient (Wildman–Crippen LogP) is 2.36. The number of nitrogens with zero attached hydrogens (tertiary/aromatic N) is 3. The van der Waals surface area contributed by atoms with Crippen molar-refractivity contribution in [3.8, 4) is 0 Å². The summed E-state index contributed by atoms with van der Waals surface area (Å²) in [5, 5.41) is 15.2. The minimum atomic E-state index is -0.203. The van der Waals surface area contributed by atoms with Gasteiger partial charge in [-0.3, -0.25) is 9.58 Å². The van der Waals surface area contributed by atoms with Gasteiger partial charge in [-0.05, 0) is 44.7 Å². The third-order valence-electron chi connectivity index (χ3n) is 6.00. The Hall–Kier alpha value is -0.910. The van der Waals surface area contributed by atoms with Gasteiger partial charge in [0.15, 0.2) is 0 Å². The number of rotatable bonds is 4. The summed E-state index contributed by atoms with van der Waals surface area (Å²) in [6.45, 7) is 3.44. The molecule has 0 radical (unpaired) electrons. The van der Waals surface area contributed by atoms with Crippen molar-refractivity contribution in [2.24, 2.45) is 5.92 Å². The van der Waals surface area contributed by atoms with E-state index in [2.05, 4.69) is 21.8 Å². The van der Waals surface area contributed by atoms with Crippen LogP contribution in [0.4, 0.5) is 0 Å². The maximum absolute atomic E-state index is 10.3. The minimum Gasteiger partial charge on any atom is -0.393 e. The second kappa shape index (κ2) is 6.91. The first-order valence-electron chi connectivity index (χ1n) is 9.35. The maximum Gasteiger partial charge on any atom is 0.0765 e. The highest BCUT2D eigenvalue weighted by atomic mass is 16.5. The molecule has 1 aromatic rings. The SMILES string of the molecule is OC1CCOCC1C1CCCN1Cc1ccn(C2CCCC2)n1. The van der Waals surface area contributed by atoms with Crippen molar-refractivity contribution in [2.45, 2.75) is 69.7 Å². The molecule has 3 heterocycles. The Bertz CT molecular complexity index is 512. The highest BCUT2D eigenvalue weighted by Gasteiger charge is 2.37. The predicted molar refractivity (Wildman–Crippen MR) is 88.1 cm³/mol. The Morgan fingerprint density at radius 1 is 1.17 bits per heavy atom. The maximum atomic E-state index is 10.3. The lowest BCUT2D eigenvalue weighted by molar-refractivity contribution is -0.0637. The zero-order valence-corrected chi connectivity index (χ0v) is 13.9. The summed E-state index contributed by atoms with van der Waals surface area (Å²) < 4.78 is 7.82. The Morgan fingerprint density at radius 2 is 2.04 bits per heavy atom.